The van der Waals surface area contributed by atoms with Gasteiger partial charge in [0.05, 0.1) is 11.6 Å². The molecule has 0 unspecified atom stereocenters. The van der Waals surface area contributed by atoms with Gasteiger partial charge in [-0.05, 0) is 44.9 Å². The van der Waals surface area contributed by atoms with Gasteiger partial charge >= 0.3 is 0 Å². The third-order valence-corrected chi connectivity index (χ3v) is 6.37. The third kappa shape index (κ3) is 5.18. The van der Waals surface area contributed by atoms with E-state index in [1.165, 1.54) is 22.5 Å². The van der Waals surface area contributed by atoms with Gasteiger partial charge in [0.25, 0.3) is 5.91 Å². The van der Waals surface area contributed by atoms with E-state index in [1.54, 1.807) is 0 Å². The SMILES string of the molecule is CC(C)NC(=O)CNC(=O)c1ccc(Cl)c(S(=O)(=O)N2CCCCC2)c1. The monoisotopic (exact) mass is 401 g/mol. The van der Waals surface area contributed by atoms with Crippen LogP contribution in [-0.4, -0.2) is 50.2 Å². The Hall–Kier alpha value is -1.64. The van der Waals surface area contributed by atoms with Crippen LogP contribution in [0.25, 0.3) is 0 Å². The molecular weight excluding hydrogens is 378 g/mol. The first kappa shape index (κ1) is 20.7. The minimum Gasteiger partial charge on any atom is -0.352 e. The first-order chi connectivity index (χ1) is 12.2. The summed E-state index contributed by atoms with van der Waals surface area (Å²) in [5.41, 5.74) is 0.141. The van der Waals surface area contributed by atoms with E-state index in [0.717, 1.165) is 19.3 Å². The van der Waals surface area contributed by atoms with Crippen LogP contribution in [0.4, 0.5) is 0 Å². The zero-order chi connectivity index (χ0) is 19.3. The molecule has 7 nitrogen and oxygen atoms in total. The van der Waals surface area contributed by atoms with E-state index in [9.17, 15) is 18.0 Å². The lowest BCUT2D eigenvalue weighted by molar-refractivity contribution is -0.120. The lowest BCUT2D eigenvalue weighted by atomic mass is 10.2. The molecule has 0 aromatic heterocycles. The molecule has 1 aliphatic heterocycles. The van der Waals surface area contributed by atoms with Crippen LogP contribution in [0, 0.1) is 0 Å². The maximum Gasteiger partial charge on any atom is 0.251 e. The average Bonchev–Trinajstić information content (AvgIpc) is 2.60. The molecule has 2 N–H and O–H groups in total. The smallest absolute Gasteiger partial charge is 0.251 e. The summed E-state index contributed by atoms with van der Waals surface area (Å²) in [5.74, 6) is -0.848. The molecule has 1 fully saturated rings. The number of piperidine rings is 1. The number of hydrogen-bond donors (Lipinski definition) is 2. The fourth-order valence-corrected chi connectivity index (χ4v) is 4.74. The van der Waals surface area contributed by atoms with Crippen molar-refractivity contribution in [2.24, 2.45) is 0 Å². The first-order valence-corrected chi connectivity index (χ1v) is 10.4. The maximum atomic E-state index is 12.8. The second-order valence-electron chi connectivity index (χ2n) is 6.51. The number of amides is 2. The Morgan fingerprint density at radius 2 is 1.85 bits per heavy atom. The van der Waals surface area contributed by atoms with E-state index in [0.29, 0.717) is 13.1 Å². The van der Waals surface area contributed by atoms with Gasteiger partial charge in [-0.2, -0.15) is 4.31 Å². The molecule has 144 valence electrons. The quantitative estimate of drug-likeness (QED) is 0.759. The topological polar surface area (TPSA) is 95.6 Å². The van der Waals surface area contributed by atoms with Gasteiger partial charge in [-0.15, -0.1) is 0 Å². The van der Waals surface area contributed by atoms with E-state index < -0.39 is 15.9 Å². The van der Waals surface area contributed by atoms with Crippen LogP contribution in [0.1, 0.15) is 43.5 Å². The number of rotatable bonds is 6. The molecule has 2 amide bonds. The van der Waals surface area contributed by atoms with Crippen LogP contribution in [0.15, 0.2) is 23.1 Å². The molecule has 26 heavy (non-hydrogen) atoms. The fourth-order valence-electron chi connectivity index (χ4n) is 2.72. The lowest BCUT2D eigenvalue weighted by Crippen LogP contribution is -2.40. The van der Waals surface area contributed by atoms with Gasteiger partial charge in [-0.1, -0.05) is 18.0 Å². The number of nitrogens with zero attached hydrogens (tertiary/aromatic N) is 1. The van der Waals surface area contributed by atoms with Gasteiger partial charge in [0, 0.05) is 24.7 Å². The van der Waals surface area contributed by atoms with E-state index in [2.05, 4.69) is 10.6 Å². The van der Waals surface area contributed by atoms with Crippen LogP contribution in [0.5, 0.6) is 0 Å². The molecule has 0 spiro atoms. The number of carbonyl (C=O) groups excluding carboxylic acids is 2. The number of halogens is 1. The predicted octanol–water partition coefficient (Wildman–Crippen LogP) is 1.77. The summed E-state index contributed by atoms with van der Waals surface area (Å²) in [6.07, 6.45) is 2.62. The minimum absolute atomic E-state index is 0.0313. The summed E-state index contributed by atoms with van der Waals surface area (Å²) in [5, 5.41) is 5.21. The zero-order valence-corrected chi connectivity index (χ0v) is 16.5. The van der Waals surface area contributed by atoms with Gasteiger partial charge < -0.3 is 10.6 Å². The molecular formula is C17H24ClN3O4S. The molecule has 0 atom stereocenters. The molecule has 1 aromatic carbocycles. The summed E-state index contributed by atoms with van der Waals surface area (Å²) in [7, 11) is -3.75. The zero-order valence-electron chi connectivity index (χ0n) is 14.9. The summed E-state index contributed by atoms with van der Waals surface area (Å²) >= 11 is 6.09. The normalized spacial score (nSPS) is 15.7. The van der Waals surface area contributed by atoms with E-state index in [4.69, 9.17) is 11.6 Å². The molecule has 0 radical (unpaired) electrons. The molecule has 1 aromatic rings. The molecule has 9 heteroatoms. The van der Waals surface area contributed by atoms with Crippen molar-refractivity contribution in [1.29, 1.82) is 0 Å². The Morgan fingerprint density at radius 3 is 2.46 bits per heavy atom. The van der Waals surface area contributed by atoms with Crippen molar-refractivity contribution in [3.63, 3.8) is 0 Å². The second-order valence-corrected chi connectivity index (χ2v) is 8.83. The van der Waals surface area contributed by atoms with Crippen LogP contribution in [0.3, 0.4) is 0 Å². The van der Waals surface area contributed by atoms with Crippen molar-refractivity contribution in [1.82, 2.24) is 14.9 Å². The maximum absolute atomic E-state index is 12.8. The van der Waals surface area contributed by atoms with Gasteiger partial charge in [-0.25, -0.2) is 8.42 Å². The van der Waals surface area contributed by atoms with Crippen molar-refractivity contribution in [2.45, 2.75) is 44.0 Å². The first-order valence-electron chi connectivity index (χ1n) is 8.59. The molecule has 0 bridgehead atoms. The van der Waals surface area contributed by atoms with Gasteiger partial charge in [0.15, 0.2) is 0 Å². The second kappa shape index (κ2) is 8.83. The van der Waals surface area contributed by atoms with Crippen molar-refractivity contribution in [3.8, 4) is 0 Å². The number of nitrogens with one attached hydrogen (secondary N) is 2. The highest BCUT2D eigenvalue weighted by Gasteiger charge is 2.28. The third-order valence-electron chi connectivity index (χ3n) is 3.99. The lowest BCUT2D eigenvalue weighted by Gasteiger charge is -2.26. The van der Waals surface area contributed by atoms with Crippen LogP contribution >= 0.6 is 11.6 Å². The van der Waals surface area contributed by atoms with Crippen LogP contribution < -0.4 is 10.6 Å². The molecule has 0 aliphatic carbocycles. The summed E-state index contributed by atoms with van der Waals surface area (Å²) in [4.78, 5) is 23.8. The van der Waals surface area contributed by atoms with Crippen molar-refractivity contribution in [3.05, 3.63) is 28.8 Å². The average molecular weight is 402 g/mol. The standard InChI is InChI=1S/C17H24ClN3O4S/c1-12(2)20-16(22)11-19-17(23)13-6-7-14(18)15(10-13)26(24,25)21-8-4-3-5-9-21/h6-7,10,12H,3-5,8-9,11H2,1-2H3,(H,19,23)(H,20,22). The highest BCUT2D eigenvalue weighted by molar-refractivity contribution is 7.89. The summed E-state index contributed by atoms with van der Waals surface area (Å²) in [6, 6.07) is 4.06. The predicted molar refractivity (Wildman–Crippen MR) is 99.7 cm³/mol. The molecule has 2 rings (SSSR count). The Labute approximate surface area is 159 Å². The van der Waals surface area contributed by atoms with Crippen LogP contribution in [-0.2, 0) is 14.8 Å². The number of hydrogen-bond acceptors (Lipinski definition) is 4. The molecule has 1 aliphatic rings. The highest BCUT2D eigenvalue weighted by atomic mass is 35.5. The Balaban J connectivity index is 2.16. The summed E-state index contributed by atoms with van der Waals surface area (Å²) < 4.78 is 27.0. The largest absolute Gasteiger partial charge is 0.352 e. The number of sulfonamides is 1. The van der Waals surface area contributed by atoms with E-state index in [1.807, 2.05) is 13.8 Å². The summed E-state index contributed by atoms with van der Waals surface area (Å²) in [6.45, 7) is 4.34. The highest BCUT2D eigenvalue weighted by Crippen LogP contribution is 2.27. The fraction of sp³-hybridized carbons (Fsp3) is 0.529. The Morgan fingerprint density at radius 1 is 1.19 bits per heavy atom. The molecule has 1 saturated heterocycles. The van der Waals surface area contributed by atoms with Crippen molar-refractivity contribution < 1.29 is 18.0 Å². The number of carbonyl (C=O) groups is 2. The van der Waals surface area contributed by atoms with Crippen molar-refractivity contribution >= 4 is 33.4 Å². The molecule has 0 saturated carbocycles. The minimum atomic E-state index is -3.75. The van der Waals surface area contributed by atoms with Crippen molar-refractivity contribution in [2.75, 3.05) is 19.6 Å². The Bertz CT molecular complexity index is 774. The van der Waals surface area contributed by atoms with Gasteiger partial charge in [0.2, 0.25) is 15.9 Å². The number of benzene rings is 1. The van der Waals surface area contributed by atoms with Gasteiger partial charge in [-0.3, -0.25) is 9.59 Å². The van der Waals surface area contributed by atoms with Crippen LogP contribution in [0.2, 0.25) is 5.02 Å². The Kier molecular flexibility index (Phi) is 7.02. The van der Waals surface area contributed by atoms with Gasteiger partial charge in [0.1, 0.15) is 4.90 Å². The molecule has 1 heterocycles. The van der Waals surface area contributed by atoms with E-state index in [-0.39, 0.29) is 34.0 Å². The van der Waals surface area contributed by atoms with E-state index >= 15 is 0 Å².